The maximum absolute atomic E-state index is 14.9. The molecule has 0 saturated carbocycles. The molecule has 32 heavy (non-hydrogen) atoms. The van der Waals surface area contributed by atoms with Crippen LogP contribution in [0, 0.1) is 18.7 Å². The first-order valence-corrected chi connectivity index (χ1v) is 11.1. The lowest BCUT2D eigenvalue weighted by Crippen LogP contribution is -2.47. The van der Waals surface area contributed by atoms with E-state index in [0.717, 1.165) is 29.8 Å². The zero-order valence-electron chi connectivity index (χ0n) is 18.9. The molecule has 0 radical (unpaired) electrons. The summed E-state index contributed by atoms with van der Waals surface area (Å²) in [5, 5.41) is 2.89. The van der Waals surface area contributed by atoms with Crippen LogP contribution in [0.1, 0.15) is 44.4 Å². The lowest BCUT2D eigenvalue weighted by Gasteiger charge is -2.40. The second-order valence-electron chi connectivity index (χ2n) is 9.21. The first-order valence-electron chi connectivity index (χ1n) is 11.1. The fraction of sp³-hybridized carbons (Fsp3) is 0.400. The Balaban J connectivity index is 1.49. The highest BCUT2D eigenvalue weighted by Crippen LogP contribution is 2.35. The van der Waals surface area contributed by atoms with E-state index in [-0.39, 0.29) is 17.3 Å². The Morgan fingerprint density at radius 3 is 2.69 bits per heavy atom. The minimum absolute atomic E-state index is 0.253. The van der Waals surface area contributed by atoms with E-state index in [1.807, 2.05) is 43.9 Å². The van der Waals surface area contributed by atoms with Gasteiger partial charge >= 0.3 is 0 Å². The number of para-hydroxylation sites is 1. The quantitative estimate of drug-likeness (QED) is 0.733. The average Bonchev–Trinajstić information content (AvgIpc) is 3.24. The Hall–Kier alpha value is -3.06. The molecule has 1 aromatic carbocycles. The Kier molecular flexibility index (Phi) is 6.11. The summed E-state index contributed by atoms with van der Waals surface area (Å²) in [6, 6.07) is 8.60. The number of hydrogen-bond acceptors (Lipinski definition) is 5. The second kappa shape index (κ2) is 8.82. The number of rotatable bonds is 5. The summed E-state index contributed by atoms with van der Waals surface area (Å²) in [6.07, 6.45) is 5.86. The number of carbonyl (C=O) groups excluding carboxylic acids is 1. The van der Waals surface area contributed by atoms with Gasteiger partial charge in [0.15, 0.2) is 0 Å². The summed E-state index contributed by atoms with van der Waals surface area (Å²) < 4.78 is 14.9. The topological polar surface area (TPSA) is 83.6 Å². The van der Waals surface area contributed by atoms with Crippen LogP contribution < -0.4 is 16.0 Å². The number of carbonyl (C=O) groups is 1. The number of piperidine rings is 1. The largest absolute Gasteiger partial charge is 0.367 e. The van der Waals surface area contributed by atoms with Crippen molar-refractivity contribution in [2.75, 3.05) is 23.3 Å². The van der Waals surface area contributed by atoms with Gasteiger partial charge < -0.3 is 16.0 Å². The number of aliphatic imine (C=N–C) groups is 1. The van der Waals surface area contributed by atoms with E-state index < -0.39 is 0 Å². The maximum atomic E-state index is 14.9. The van der Waals surface area contributed by atoms with Crippen molar-refractivity contribution in [3.05, 3.63) is 59.7 Å². The predicted molar refractivity (Wildman–Crippen MR) is 127 cm³/mol. The summed E-state index contributed by atoms with van der Waals surface area (Å²) in [6.45, 7) is 7.39. The van der Waals surface area contributed by atoms with Crippen molar-refractivity contribution >= 4 is 28.7 Å². The molecular weight excluding hydrogens is 405 g/mol. The standard InChI is InChI=1S/C25H30FN5O/c1-16-15-17(9-12-28-16)20-7-8-22(29-20)24(32)30-21-6-4-5-19(26)23(21)31-13-10-18(11-14-31)25(2,3)27/h4-7,9,12,15,18H,8,10-11,13-14,27H2,1-3H3,(H,30,32). The first-order chi connectivity index (χ1) is 15.2. The smallest absolute Gasteiger partial charge is 0.270 e. The van der Waals surface area contributed by atoms with Crippen LogP contribution in [0.4, 0.5) is 15.8 Å². The van der Waals surface area contributed by atoms with Gasteiger partial charge in [0.25, 0.3) is 5.91 Å². The van der Waals surface area contributed by atoms with Crippen molar-refractivity contribution < 1.29 is 9.18 Å². The summed E-state index contributed by atoms with van der Waals surface area (Å²) in [5.74, 6) is -0.266. The van der Waals surface area contributed by atoms with Gasteiger partial charge in [0.2, 0.25) is 0 Å². The number of amides is 1. The van der Waals surface area contributed by atoms with Crippen molar-refractivity contribution in [2.24, 2.45) is 16.6 Å². The molecule has 4 rings (SSSR count). The first kappa shape index (κ1) is 22.1. The minimum Gasteiger partial charge on any atom is -0.367 e. The molecule has 1 saturated heterocycles. The number of allylic oxidation sites excluding steroid dienone is 1. The van der Waals surface area contributed by atoms with Gasteiger partial charge in [0.05, 0.1) is 17.1 Å². The van der Waals surface area contributed by atoms with Gasteiger partial charge in [0, 0.05) is 42.5 Å². The van der Waals surface area contributed by atoms with Crippen molar-refractivity contribution in [1.82, 2.24) is 4.98 Å². The molecule has 0 spiro atoms. The SMILES string of the molecule is Cc1cc(C2=CCC(C(=O)Nc3cccc(F)c3N3CCC(C(C)(C)N)CC3)=N2)ccn1. The Morgan fingerprint density at radius 2 is 2.00 bits per heavy atom. The molecule has 2 aliphatic rings. The molecule has 3 N–H and O–H groups in total. The molecule has 1 amide bonds. The van der Waals surface area contributed by atoms with E-state index >= 15 is 0 Å². The third kappa shape index (κ3) is 4.72. The number of aryl methyl sites for hydroxylation is 1. The highest BCUT2D eigenvalue weighted by molar-refractivity contribution is 6.45. The Bertz CT molecular complexity index is 1080. The predicted octanol–water partition coefficient (Wildman–Crippen LogP) is 4.31. The van der Waals surface area contributed by atoms with Gasteiger partial charge in [0.1, 0.15) is 11.5 Å². The second-order valence-corrected chi connectivity index (χ2v) is 9.21. The number of hydrogen-bond donors (Lipinski definition) is 2. The van der Waals surface area contributed by atoms with Crippen molar-refractivity contribution in [3.8, 4) is 0 Å². The normalized spacial score (nSPS) is 17.2. The zero-order valence-corrected chi connectivity index (χ0v) is 18.9. The van der Waals surface area contributed by atoms with E-state index in [4.69, 9.17) is 5.73 Å². The lowest BCUT2D eigenvalue weighted by molar-refractivity contribution is -0.110. The van der Waals surface area contributed by atoms with Crippen LogP contribution >= 0.6 is 0 Å². The fourth-order valence-corrected chi connectivity index (χ4v) is 4.44. The number of nitrogens with zero attached hydrogens (tertiary/aromatic N) is 3. The summed E-state index contributed by atoms with van der Waals surface area (Å²) in [5.41, 5.74) is 9.92. The highest BCUT2D eigenvalue weighted by atomic mass is 19.1. The molecule has 1 aromatic heterocycles. The number of benzene rings is 1. The monoisotopic (exact) mass is 435 g/mol. The highest BCUT2D eigenvalue weighted by Gasteiger charge is 2.31. The number of aromatic nitrogens is 1. The van der Waals surface area contributed by atoms with Crippen LogP contribution in [-0.4, -0.2) is 35.2 Å². The minimum atomic E-state index is -0.340. The number of nitrogens with two attached hydrogens (primary N) is 1. The molecule has 7 heteroatoms. The van der Waals surface area contributed by atoms with Crippen molar-refractivity contribution in [1.29, 1.82) is 0 Å². The molecular formula is C25H30FN5O. The van der Waals surface area contributed by atoms with Crippen LogP contribution in [-0.2, 0) is 4.79 Å². The molecule has 2 aliphatic heterocycles. The third-order valence-corrected chi connectivity index (χ3v) is 6.30. The molecule has 0 aliphatic carbocycles. The summed E-state index contributed by atoms with van der Waals surface area (Å²) in [7, 11) is 0. The molecule has 0 unspecified atom stereocenters. The summed E-state index contributed by atoms with van der Waals surface area (Å²) in [4.78, 5) is 23.7. The van der Waals surface area contributed by atoms with Crippen LogP contribution in [0.25, 0.3) is 5.70 Å². The molecule has 3 heterocycles. The Morgan fingerprint density at radius 1 is 1.25 bits per heavy atom. The molecule has 0 atom stereocenters. The third-order valence-electron chi connectivity index (χ3n) is 6.30. The number of pyridine rings is 1. The molecule has 0 bridgehead atoms. The van der Waals surface area contributed by atoms with Crippen LogP contribution in [0.2, 0.25) is 0 Å². The van der Waals surface area contributed by atoms with E-state index in [1.165, 1.54) is 6.07 Å². The van der Waals surface area contributed by atoms with E-state index in [2.05, 4.69) is 15.3 Å². The average molecular weight is 436 g/mol. The summed E-state index contributed by atoms with van der Waals surface area (Å²) >= 11 is 0. The lowest BCUT2D eigenvalue weighted by atomic mass is 9.81. The van der Waals surface area contributed by atoms with Gasteiger partial charge in [-0.2, -0.15) is 0 Å². The van der Waals surface area contributed by atoms with Crippen LogP contribution in [0.5, 0.6) is 0 Å². The van der Waals surface area contributed by atoms with Gasteiger partial charge in [-0.05, 0) is 63.8 Å². The van der Waals surface area contributed by atoms with Gasteiger partial charge in [-0.1, -0.05) is 12.1 Å². The van der Waals surface area contributed by atoms with E-state index in [1.54, 1.807) is 18.3 Å². The number of anilines is 2. The maximum Gasteiger partial charge on any atom is 0.270 e. The number of nitrogens with one attached hydrogen (secondary N) is 1. The molecule has 2 aromatic rings. The molecule has 1 fully saturated rings. The van der Waals surface area contributed by atoms with E-state index in [0.29, 0.717) is 42.5 Å². The van der Waals surface area contributed by atoms with Crippen molar-refractivity contribution in [2.45, 2.75) is 45.6 Å². The zero-order chi connectivity index (χ0) is 22.9. The van der Waals surface area contributed by atoms with Gasteiger partial charge in [-0.25, -0.2) is 9.38 Å². The van der Waals surface area contributed by atoms with Gasteiger partial charge in [-0.15, -0.1) is 0 Å². The van der Waals surface area contributed by atoms with Crippen LogP contribution in [0.3, 0.4) is 0 Å². The Labute approximate surface area is 188 Å². The molecule has 6 nitrogen and oxygen atoms in total. The molecule has 168 valence electrons. The van der Waals surface area contributed by atoms with E-state index in [9.17, 15) is 9.18 Å². The van der Waals surface area contributed by atoms with Gasteiger partial charge in [-0.3, -0.25) is 9.78 Å². The van der Waals surface area contributed by atoms with Crippen molar-refractivity contribution in [3.63, 3.8) is 0 Å². The fourth-order valence-electron chi connectivity index (χ4n) is 4.44. The number of halogens is 1. The van der Waals surface area contributed by atoms with Crippen LogP contribution in [0.15, 0.2) is 47.6 Å².